The van der Waals surface area contributed by atoms with Crippen LogP contribution >= 0.6 is 0 Å². The molecule has 0 saturated heterocycles. The van der Waals surface area contributed by atoms with Crippen molar-refractivity contribution in [3.8, 4) is 39.6 Å². The van der Waals surface area contributed by atoms with Gasteiger partial charge in [-0.3, -0.25) is 0 Å². The molecule has 0 radical (unpaired) electrons. The Labute approximate surface area is 283 Å². The van der Waals surface area contributed by atoms with E-state index in [0.29, 0.717) is 5.82 Å². The summed E-state index contributed by atoms with van der Waals surface area (Å²) in [4.78, 5) is 10.1. The monoisotopic (exact) mass is 623 g/mol. The van der Waals surface area contributed by atoms with E-state index in [-0.39, 0.29) is 0 Å². The van der Waals surface area contributed by atoms with Crippen LogP contribution < -0.4 is 0 Å². The van der Waals surface area contributed by atoms with E-state index in [1.54, 1.807) is 0 Å². The van der Waals surface area contributed by atoms with Crippen molar-refractivity contribution in [2.45, 2.75) is 0 Å². The first-order chi connectivity index (χ1) is 24.3. The van der Waals surface area contributed by atoms with Crippen molar-refractivity contribution in [1.29, 1.82) is 0 Å². The molecular formula is C46H29N3. The van der Waals surface area contributed by atoms with Gasteiger partial charge in [-0.1, -0.05) is 146 Å². The molecule has 0 fully saturated rings. The number of benzene rings is 8. The van der Waals surface area contributed by atoms with Gasteiger partial charge in [-0.15, -0.1) is 0 Å². The van der Waals surface area contributed by atoms with Crippen molar-refractivity contribution in [1.82, 2.24) is 14.5 Å². The molecule has 0 atom stereocenters. The Morgan fingerprint density at radius 3 is 1.55 bits per heavy atom. The molecule has 2 heterocycles. The molecule has 2 aromatic heterocycles. The lowest BCUT2D eigenvalue weighted by molar-refractivity contribution is 1.17. The molecule has 0 N–H and O–H groups in total. The number of hydrogen-bond donors (Lipinski definition) is 0. The SMILES string of the molecule is c1ccc(-c2cc(-c3ccc(-n4c5cc6ccccc6cc5c5c6ccccc6c6ccccc6c54)cc3)nc(-c3ccccc3)n2)cc1. The number of nitrogens with zero attached hydrogens (tertiary/aromatic N) is 3. The maximum atomic E-state index is 5.08. The summed E-state index contributed by atoms with van der Waals surface area (Å²) in [7, 11) is 0. The molecule has 228 valence electrons. The maximum absolute atomic E-state index is 5.08. The Kier molecular flexibility index (Phi) is 6.18. The summed E-state index contributed by atoms with van der Waals surface area (Å²) in [6.45, 7) is 0. The molecule has 49 heavy (non-hydrogen) atoms. The Morgan fingerprint density at radius 1 is 0.367 bits per heavy atom. The van der Waals surface area contributed by atoms with Crippen LogP contribution in [0.1, 0.15) is 0 Å². The molecule has 0 aliphatic rings. The molecule has 0 bridgehead atoms. The molecule has 10 rings (SSSR count). The van der Waals surface area contributed by atoms with Gasteiger partial charge in [-0.25, -0.2) is 9.97 Å². The van der Waals surface area contributed by atoms with Crippen LogP contribution in [-0.4, -0.2) is 14.5 Å². The standard InChI is InChI=1S/C46H29N3/c1-3-13-30(14-4-1)41-29-42(48-46(47-41)32-15-5-2-6-16-32)31-23-25-35(26-24-31)49-43-28-34-18-8-7-17-33(34)27-40(43)44-38-21-11-9-19-36(38)37-20-10-12-22-39(37)45(44)49/h1-29H. The van der Waals surface area contributed by atoms with Crippen LogP contribution in [0.3, 0.4) is 0 Å². The molecule has 0 aliphatic carbocycles. The van der Waals surface area contributed by atoms with Crippen molar-refractivity contribution in [3.63, 3.8) is 0 Å². The summed E-state index contributed by atoms with van der Waals surface area (Å²) >= 11 is 0. The van der Waals surface area contributed by atoms with E-state index < -0.39 is 0 Å². The fourth-order valence-corrected chi connectivity index (χ4v) is 7.48. The minimum Gasteiger partial charge on any atom is -0.309 e. The fraction of sp³-hybridized carbons (Fsp3) is 0. The van der Waals surface area contributed by atoms with E-state index in [2.05, 4.69) is 156 Å². The van der Waals surface area contributed by atoms with Crippen LogP contribution in [0, 0.1) is 0 Å². The van der Waals surface area contributed by atoms with Crippen LogP contribution in [0.5, 0.6) is 0 Å². The number of fused-ring (bicyclic) bond motifs is 9. The second kappa shape index (κ2) is 11.0. The van der Waals surface area contributed by atoms with E-state index in [9.17, 15) is 0 Å². The zero-order valence-electron chi connectivity index (χ0n) is 26.6. The average Bonchev–Trinajstić information content (AvgIpc) is 3.52. The summed E-state index contributed by atoms with van der Waals surface area (Å²) in [5, 5.41) is 10.1. The maximum Gasteiger partial charge on any atom is 0.160 e. The first kappa shape index (κ1) is 27.5. The highest BCUT2D eigenvalue weighted by Crippen LogP contribution is 2.43. The van der Waals surface area contributed by atoms with Gasteiger partial charge in [0.15, 0.2) is 5.82 Å². The molecule has 0 aliphatic heterocycles. The van der Waals surface area contributed by atoms with E-state index in [0.717, 1.165) is 33.8 Å². The van der Waals surface area contributed by atoms with Gasteiger partial charge in [-0.2, -0.15) is 0 Å². The van der Waals surface area contributed by atoms with E-state index >= 15 is 0 Å². The normalized spacial score (nSPS) is 11.7. The van der Waals surface area contributed by atoms with Gasteiger partial charge in [0.2, 0.25) is 0 Å². The lowest BCUT2D eigenvalue weighted by atomic mass is 9.96. The summed E-state index contributed by atoms with van der Waals surface area (Å²) < 4.78 is 2.46. The van der Waals surface area contributed by atoms with Crippen LogP contribution in [-0.2, 0) is 0 Å². The predicted molar refractivity (Wildman–Crippen MR) is 205 cm³/mol. The molecule has 3 heteroatoms. The van der Waals surface area contributed by atoms with Gasteiger partial charge in [0, 0.05) is 38.5 Å². The Morgan fingerprint density at radius 2 is 0.878 bits per heavy atom. The number of aromatic nitrogens is 3. The summed E-state index contributed by atoms with van der Waals surface area (Å²) in [5.74, 6) is 0.716. The van der Waals surface area contributed by atoms with Gasteiger partial charge in [0.05, 0.1) is 22.4 Å². The van der Waals surface area contributed by atoms with Gasteiger partial charge in [0.1, 0.15) is 0 Å². The zero-order valence-corrected chi connectivity index (χ0v) is 26.6. The minimum atomic E-state index is 0.716. The smallest absolute Gasteiger partial charge is 0.160 e. The highest BCUT2D eigenvalue weighted by Gasteiger charge is 2.20. The van der Waals surface area contributed by atoms with Crippen molar-refractivity contribution < 1.29 is 0 Å². The highest BCUT2D eigenvalue weighted by atomic mass is 15.0. The van der Waals surface area contributed by atoms with Crippen molar-refractivity contribution in [2.75, 3.05) is 0 Å². The van der Waals surface area contributed by atoms with Crippen LogP contribution in [0.4, 0.5) is 0 Å². The molecule has 10 aromatic rings. The lowest BCUT2D eigenvalue weighted by Crippen LogP contribution is -1.97. The largest absolute Gasteiger partial charge is 0.309 e. The van der Waals surface area contributed by atoms with Crippen molar-refractivity contribution >= 4 is 54.1 Å². The summed E-state index contributed by atoms with van der Waals surface area (Å²) in [5.41, 5.74) is 8.44. The highest BCUT2D eigenvalue weighted by molar-refractivity contribution is 6.32. The zero-order chi connectivity index (χ0) is 32.3. The Hall–Kier alpha value is -6.58. The Bertz CT molecular complexity index is 2790. The number of rotatable bonds is 4. The molecule has 0 saturated carbocycles. The van der Waals surface area contributed by atoms with Crippen LogP contribution in [0.25, 0.3) is 93.7 Å². The van der Waals surface area contributed by atoms with Gasteiger partial charge in [-0.05, 0) is 57.3 Å². The van der Waals surface area contributed by atoms with E-state index in [4.69, 9.17) is 9.97 Å². The Balaban J connectivity index is 1.23. The number of hydrogen-bond acceptors (Lipinski definition) is 2. The first-order valence-corrected chi connectivity index (χ1v) is 16.7. The van der Waals surface area contributed by atoms with Gasteiger partial charge < -0.3 is 4.57 Å². The third-order valence-electron chi connectivity index (χ3n) is 9.75. The summed E-state index contributed by atoms with van der Waals surface area (Å²) in [6.07, 6.45) is 0. The molecule has 0 amide bonds. The molecule has 3 nitrogen and oxygen atoms in total. The van der Waals surface area contributed by atoms with Gasteiger partial charge in [0.25, 0.3) is 0 Å². The summed E-state index contributed by atoms with van der Waals surface area (Å²) in [6, 6.07) is 62.6. The molecule has 8 aromatic carbocycles. The quantitative estimate of drug-likeness (QED) is 0.183. The van der Waals surface area contributed by atoms with Crippen LogP contribution in [0.15, 0.2) is 176 Å². The predicted octanol–water partition coefficient (Wildman–Crippen LogP) is 12.0. The van der Waals surface area contributed by atoms with E-state index in [1.165, 1.54) is 54.1 Å². The third-order valence-corrected chi connectivity index (χ3v) is 9.75. The first-order valence-electron chi connectivity index (χ1n) is 16.7. The van der Waals surface area contributed by atoms with E-state index in [1.807, 2.05) is 24.3 Å². The molecule has 0 unspecified atom stereocenters. The second-order valence-corrected chi connectivity index (χ2v) is 12.6. The molecule has 0 spiro atoms. The third kappa shape index (κ3) is 4.44. The average molecular weight is 624 g/mol. The minimum absolute atomic E-state index is 0.716. The van der Waals surface area contributed by atoms with Crippen molar-refractivity contribution in [2.24, 2.45) is 0 Å². The fourth-order valence-electron chi connectivity index (χ4n) is 7.48. The second-order valence-electron chi connectivity index (χ2n) is 12.6. The molecular weight excluding hydrogens is 595 g/mol. The van der Waals surface area contributed by atoms with Gasteiger partial charge >= 0.3 is 0 Å². The van der Waals surface area contributed by atoms with Crippen LogP contribution in [0.2, 0.25) is 0 Å². The van der Waals surface area contributed by atoms with Crippen molar-refractivity contribution in [3.05, 3.63) is 176 Å². The lowest BCUT2D eigenvalue weighted by Gasteiger charge is -2.13. The topological polar surface area (TPSA) is 30.7 Å².